The Morgan fingerprint density at radius 3 is 2.79 bits per heavy atom. The lowest BCUT2D eigenvalue weighted by molar-refractivity contribution is 0.279. The van der Waals surface area contributed by atoms with Crippen LogP contribution in [0.1, 0.15) is 24.6 Å². The van der Waals surface area contributed by atoms with Crippen molar-refractivity contribution in [3.05, 3.63) is 47.9 Å². The molecule has 0 saturated heterocycles. The van der Waals surface area contributed by atoms with E-state index in [0.717, 1.165) is 49.5 Å². The van der Waals surface area contributed by atoms with E-state index in [4.69, 9.17) is 4.52 Å². The highest BCUT2D eigenvalue weighted by atomic mass is 16.5. The summed E-state index contributed by atoms with van der Waals surface area (Å²) in [5, 5.41) is 8.20. The van der Waals surface area contributed by atoms with Gasteiger partial charge in [0.15, 0.2) is 0 Å². The Kier molecular flexibility index (Phi) is 5.38. The zero-order valence-corrected chi connectivity index (χ0v) is 14.2. The van der Waals surface area contributed by atoms with E-state index in [1.165, 1.54) is 11.9 Å². The Hall–Kier alpha value is -2.47. The van der Waals surface area contributed by atoms with Crippen LogP contribution in [0.3, 0.4) is 0 Å². The molecule has 0 unspecified atom stereocenters. The van der Waals surface area contributed by atoms with Crippen molar-refractivity contribution < 1.29 is 4.52 Å². The van der Waals surface area contributed by atoms with E-state index in [2.05, 4.69) is 62.6 Å². The van der Waals surface area contributed by atoms with Crippen LogP contribution in [-0.4, -0.2) is 39.7 Å². The van der Waals surface area contributed by atoms with Crippen LogP contribution >= 0.6 is 0 Å². The number of hydrogen-bond donors (Lipinski definition) is 1. The molecular formula is C18H23N5O. The molecule has 0 radical (unpaired) electrons. The van der Waals surface area contributed by atoms with Crippen molar-refractivity contribution in [2.24, 2.45) is 0 Å². The Labute approximate surface area is 141 Å². The molecule has 24 heavy (non-hydrogen) atoms. The SMILES string of the molecule is CCN(CCCNc1ncnc2onc(C)c12)Cc1ccccc1. The smallest absolute Gasteiger partial charge is 0.263 e. The number of anilines is 1. The average Bonchev–Trinajstić information content (AvgIpc) is 3.00. The topological polar surface area (TPSA) is 67.1 Å². The van der Waals surface area contributed by atoms with Crippen LogP contribution in [0, 0.1) is 6.92 Å². The Morgan fingerprint density at radius 2 is 2.00 bits per heavy atom. The number of nitrogens with zero attached hydrogens (tertiary/aromatic N) is 4. The molecular weight excluding hydrogens is 302 g/mol. The van der Waals surface area contributed by atoms with Crippen molar-refractivity contribution in [3.63, 3.8) is 0 Å². The molecule has 6 heteroatoms. The standard InChI is InChI=1S/C18H23N5O/c1-3-23(12-15-8-5-4-6-9-15)11-7-10-19-17-16-14(2)22-24-18(16)21-13-20-17/h4-6,8-9,13H,3,7,10-12H2,1-2H3,(H,19,20,21). The third-order valence-electron chi connectivity index (χ3n) is 4.08. The van der Waals surface area contributed by atoms with Crippen molar-refractivity contribution in [1.29, 1.82) is 0 Å². The molecule has 0 aliphatic carbocycles. The average molecular weight is 325 g/mol. The van der Waals surface area contributed by atoms with E-state index in [1.54, 1.807) is 0 Å². The first kappa shape index (κ1) is 16.4. The number of aryl methyl sites for hydroxylation is 1. The van der Waals surface area contributed by atoms with Crippen LogP contribution in [0.4, 0.5) is 5.82 Å². The first-order chi connectivity index (χ1) is 11.8. The predicted molar refractivity (Wildman–Crippen MR) is 94.8 cm³/mol. The molecule has 0 atom stereocenters. The van der Waals surface area contributed by atoms with Gasteiger partial charge in [-0.05, 0) is 25.5 Å². The van der Waals surface area contributed by atoms with Gasteiger partial charge in [0.25, 0.3) is 5.71 Å². The molecule has 0 saturated carbocycles. The molecule has 0 fully saturated rings. The second-order valence-electron chi connectivity index (χ2n) is 5.81. The van der Waals surface area contributed by atoms with E-state index in [0.29, 0.717) is 5.71 Å². The van der Waals surface area contributed by atoms with E-state index in [9.17, 15) is 0 Å². The fourth-order valence-corrected chi connectivity index (χ4v) is 2.76. The minimum Gasteiger partial charge on any atom is -0.369 e. The Bertz CT molecular complexity index is 771. The minimum atomic E-state index is 0.532. The Morgan fingerprint density at radius 1 is 1.17 bits per heavy atom. The van der Waals surface area contributed by atoms with Gasteiger partial charge in [-0.25, -0.2) is 4.98 Å². The van der Waals surface area contributed by atoms with Crippen molar-refractivity contribution in [3.8, 4) is 0 Å². The zero-order chi connectivity index (χ0) is 16.8. The van der Waals surface area contributed by atoms with Gasteiger partial charge in [0.2, 0.25) is 0 Å². The summed E-state index contributed by atoms with van der Waals surface area (Å²) in [5.74, 6) is 0.796. The summed E-state index contributed by atoms with van der Waals surface area (Å²) in [4.78, 5) is 10.8. The molecule has 0 bridgehead atoms. The predicted octanol–water partition coefficient (Wildman–Crippen LogP) is 3.25. The molecule has 0 spiro atoms. The second-order valence-corrected chi connectivity index (χ2v) is 5.81. The van der Waals surface area contributed by atoms with E-state index >= 15 is 0 Å². The summed E-state index contributed by atoms with van der Waals surface area (Å²) in [7, 11) is 0. The number of rotatable bonds is 8. The van der Waals surface area contributed by atoms with Crippen molar-refractivity contribution in [2.45, 2.75) is 26.8 Å². The van der Waals surface area contributed by atoms with Crippen LogP contribution < -0.4 is 5.32 Å². The number of nitrogens with one attached hydrogen (secondary N) is 1. The molecule has 2 aromatic heterocycles. The van der Waals surface area contributed by atoms with Gasteiger partial charge in [0.05, 0.1) is 5.69 Å². The maximum absolute atomic E-state index is 5.17. The number of fused-ring (bicyclic) bond motifs is 1. The van der Waals surface area contributed by atoms with Crippen LogP contribution in [0.2, 0.25) is 0 Å². The minimum absolute atomic E-state index is 0.532. The lowest BCUT2D eigenvalue weighted by Crippen LogP contribution is -2.25. The number of benzene rings is 1. The lowest BCUT2D eigenvalue weighted by atomic mass is 10.2. The maximum atomic E-state index is 5.17. The molecule has 126 valence electrons. The number of hydrogen-bond acceptors (Lipinski definition) is 6. The van der Waals surface area contributed by atoms with Crippen LogP contribution in [-0.2, 0) is 6.54 Å². The Balaban J connectivity index is 1.51. The van der Waals surface area contributed by atoms with Crippen LogP contribution in [0.15, 0.2) is 41.2 Å². The largest absolute Gasteiger partial charge is 0.369 e. The highest BCUT2D eigenvalue weighted by molar-refractivity contribution is 5.87. The molecule has 0 aliphatic rings. The molecule has 3 rings (SSSR count). The molecule has 2 heterocycles. The fourth-order valence-electron chi connectivity index (χ4n) is 2.76. The maximum Gasteiger partial charge on any atom is 0.263 e. The van der Waals surface area contributed by atoms with E-state index < -0.39 is 0 Å². The first-order valence-corrected chi connectivity index (χ1v) is 8.35. The van der Waals surface area contributed by atoms with Crippen LogP contribution in [0.5, 0.6) is 0 Å². The quantitative estimate of drug-likeness (QED) is 0.641. The molecule has 0 aliphatic heterocycles. The van der Waals surface area contributed by atoms with Gasteiger partial charge >= 0.3 is 0 Å². The lowest BCUT2D eigenvalue weighted by Gasteiger charge is -2.20. The van der Waals surface area contributed by atoms with Gasteiger partial charge in [-0.15, -0.1) is 0 Å². The third-order valence-corrected chi connectivity index (χ3v) is 4.08. The van der Waals surface area contributed by atoms with Gasteiger partial charge in [-0.3, -0.25) is 4.90 Å². The van der Waals surface area contributed by atoms with Gasteiger partial charge in [-0.1, -0.05) is 42.4 Å². The second kappa shape index (κ2) is 7.88. The summed E-state index contributed by atoms with van der Waals surface area (Å²) in [5.41, 5.74) is 2.70. The summed E-state index contributed by atoms with van der Waals surface area (Å²) < 4.78 is 5.17. The third kappa shape index (κ3) is 3.89. The molecule has 1 aromatic carbocycles. The molecule has 1 N–H and O–H groups in total. The van der Waals surface area contributed by atoms with E-state index in [-0.39, 0.29) is 0 Å². The summed E-state index contributed by atoms with van der Waals surface area (Å²) >= 11 is 0. The van der Waals surface area contributed by atoms with E-state index in [1.807, 2.05) is 6.92 Å². The summed E-state index contributed by atoms with van der Waals surface area (Å²) in [6.07, 6.45) is 2.54. The highest BCUT2D eigenvalue weighted by Gasteiger charge is 2.11. The molecule has 3 aromatic rings. The fraction of sp³-hybridized carbons (Fsp3) is 0.389. The van der Waals surface area contributed by atoms with Gasteiger partial charge in [0, 0.05) is 19.6 Å². The highest BCUT2D eigenvalue weighted by Crippen LogP contribution is 2.22. The van der Waals surface area contributed by atoms with Gasteiger partial charge in [-0.2, -0.15) is 4.98 Å². The first-order valence-electron chi connectivity index (χ1n) is 8.35. The summed E-state index contributed by atoms with van der Waals surface area (Å²) in [6, 6.07) is 10.6. The van der Waals surface area contributed by atoms with Crippen LogP contribution in [0.25, 0.3) is 11.1 Å². The molecule has 0 amide bonds. The van der Waals surface area contributed by atoms with Gasteiger partial charge < -0.3 is 9.84 Å². The summed E-state index contributed by atoms with van der Waals surface area (Å²) in [6.45, 7) is 8.01. The number of aromatic nitrogens is 3. The van der Waals surface area contributed by atoms with Crippen molar-refractivity contribution >= 4 is 16.9 Å². The monoisotopic (exact) mass is 325 g/mol. The van der Waals surface area contributed by atoms with Gasteiger partial charge in [0.1, 0.15) is 17.5 Å². The normalized spacial score (nSPS) is 11.3. The van der Waals surface area contributed by atoms with Crippen molar-refractivity contribution in [1.82, 2.24) is 20.0 Å². The molecule has 6 nitrogen and oxygen atoms in total. The van der Waals surface area contributed by atoms with Crippen molar-refractivity contribution in [2.75, 3.05) is 25.0 Å². The zero-order valence-electron chi connectivity index (χ0n) is 14.2.